The van der Waals surface area contributed by atoms with Crippen molar-refractivity contribution in [2.24, 2.45) is 0 Å². The second kappa shape index (κ2) is 10.7. The fraction of sp³-hybridized carbons (Fsp3) is 0.241. The van der Waals surface area contributed by atoms with Crippen LogP contribution in [0.5, 0.6) is 0 Å². The summed E-state index contributed by atoms with van der Waals surface area (Å²) >= 11 is 0. The normalized spacial score (nSPS) is 12.3. The van der Waals surface area contributed by atoms with E-state index in [1.54, 1.807) is 12.3 Å². The summed E-state index contributed by atoms with van der Waals surface area (Å²) in [5.41, 5.74) is 5.97. The molecule has 3 heterocycles. The zero-order valence-corrected chi connectivity index (χ0v) is 21.2. The minimum absolute atomic E-state index is 0.00519. The van der Waals surface area contributed by atoms with Crippen molar-refractivity contribution in [2.45, 2.75) is 46.8 Å². The van der Waals surface area contributed by atoms with Crippen LogP contribution in [-0.4, -0.2) is 25.6 Å². The van der Waals surface area contributed by atoms with Gasteiger partial charge in [0.2, 0.25) is 0 Å². The van der Waals surface area contributed by atoms with Crippen molar-refractivity contribution < 1.29 is 13.6 Å². The molecule has 1 aliphatic heterocycles. The molecule has 6 nitrogen and oxygen atoms in total. The molecule has 0 aliphatic carbocycles. The van der Waals surface area contributed by atoms with E-state index in [1.165, 1.54) is 6.92 Å². The summed E-state index contributed by atoms with van der Waals surface area (Å²) in [7, 11) is 0. The van der Waals surface area contributed by atoms with Crippen LogP contribution in [-0.2, 0) is 13.1 Å². The number of nitrogens with zero attached hydrogens (tertiary/aromatic N) is 5. The number of hydrogen-bond donors (Lipinski definition) is 0. The van der Waals surface area contributed by atoms with Crippen LogP contribution >= 0.6 is 0 Å². The van der Waals surface area contributed by atoms with E-state index in [9.17, 15) is 13.6 Å². The maximum Gasteiger partial charge on any atom is 0.256 e. The molecular formula is C29H27F2N5O. The number of aromatic nitrogens is 3. The molecule has 0 saturated carbocycles. The number of pyridine rings is 1. The molecule has 0 spiro atoms. The highest BCUT2D eigenvalue weighted by Crippen LogP contribution is 2.27. The van der Waals surface area contributed by atoms with Crippen LogP contribution in [0.2, 0.25) is 0 Å². The lowest BCUT2D eigenvalue weighted by molar-refractivity contribution is 0.0766. The van der Waals surface area contributed by atoms with Crippen LogP contribution in [0.25, 0.3) is 11.1 Å². The Bertz CT molecular complexity index is 1460. The average molecular weight is 500 g/mol. The molecule has 0 atom stereocenters. The number of carbonyl (C=O) groups excluding carboxylic acids is 1. The Kier molecular flexibility index (Phi) is 7.44. The van der Waals surface area contributed by atoms with Gasteiger partial charge in [0.1, 0.15) is 11.6 Å². The Morgan fingerprint density at radius 2 is 1.73 bits per heavy atom. The highest BCUT2D eigenvalue weighted by atomic mass is 19.1. The molecule has 2 aromatic heterocycles. The Balaban J connectivity index is 0.000000245. The Hall–Kier alpha value is -4.38. The number of benzene rings is 2. The predicted molar refractivity (Wildman–Crippen MR) is 136 cm³/mol. The third kappa shape index (κ3) is 5.56. The minimum atomic E-state index is -0.679. The first-order valence-electron chi connectivity index (χ1n) is 11.9. The average Bonchev–Trinajstić information content (AvgIpc) is 3.49. The van der Waals surface area contributed by atoms with Crippen molar-refractivity contribution in [3.63, 3.8) is 0 Å². The van der Waals surface area contributed by atoms with Gasteiger partial charge in [-0.1, -0.05) is 24.3 Å². The van der Waals surface area contributed by atoms with Crippen molar-refractivity contribution >= 4 is 5.91 Å². The van der Waals surface area contributed by atoms with Gasteiger partial charge < -0.3 is 4.90 Å². The number of amides is 1. The molecule has 0 bridgehead atoms. The highest BCUT2D eigenvalue weighted by Gasteiger charge is 2.29. The molecule has 37 heavy (non-hydrogen) atoms. The van der Waals surface area contributed by atoms with E-state index >= 15 is 0 Å². The van der Waals surface area contributed by atoms with Crippen LogP contribution in [0, 0.1) is 36.8 Å². The van der Waals surface area contributed by atoms with E-state index < -0.39 is 11.6 Å². The van der Waals surface area contributed by atoms with Gasteiger partial charge in [0.15, 0.2) is 0 Å². The van der Waals surface area contributed by atoms with Gasteiger partial charge in [0, 0.05) is 42.7 Å². The van der Waals surface area contributed by atoms with Crippen LogP contribution in [0.15, 0.2) is 61.1 Å². The number of aryl methyl sites for hydroxylation is 1. The molecule has 4 aromatic rings. The standard InChI is InChI=1S/C21H22N4O.C8H5F2N/c1-14(2)25-13-19(10-23-25)17-6-4-16(5-7-17)11-24-12-18-8-9-22-15(3)20(18)21(24)26;1-5-7(9)2-6(4-11)3-8(5)10/h4-10,13-14H,11-12H2,1-3H3;2-3H,1H3. The maximum absolute atomic E-state index is 12.7. The van der Waals surface area contributed by atoms with Crippen LogP contribution < -0.4 is 0 Å². The molecule has 188 valence electrons. The van der Waals surface area contributed by atoms with Crippen molar-refractivity contribution in [3.05, 3.63) is 106 Å². The fourth-order valence-corrected chi connectivity index (χ4v) is 4.11. The molecule has 0 saturated heterocycles. The van der Waals surface area contributed by atoms with E-state index in [2.05, 4.69) is 54.4 Å². The zero-order valence-electron chi connectivity index (χ0n) is 21.2. The van der Waals surface area contributed by atoms with E-state index in [4.69, 9.17) is 5.26 Å². The quantitative estimate of drug-likeness (QED) is 0.338. The second-order valence-electron chi connectivity index (χ2n) is 9.27. The smallest absolute Gasteiger partial charge is 0.256 e. The molecule has 0 radical (unpaired) electrons. The van der Waals surface area contributed by atoms with Crippen LogP contribution in [0.4, 0.5) is 8.78 Å². The van der Waals surface area contributed by atoms with Crippen molar-refractivity contribution in [3.8, 4) is 17.2 Å². The lowest BCUT2D eigenvalue weighted by atomic mass is 10.1. The summed E-state index contributed by atoms with van der Waals surface area (Å²) in [6.07, 6.45) is 5.73. The van der Waals surface area contributed by atoms with Gasteiger partial charge in [0.05, 0.1) is 29.1 Å². The highest BCUT2D eigenvalue weighted by molar-refractivity contribution is 5.99. The van der Waals surface area contributed by atoms with E-state index in [0.717, 1.165) is 45.6 Å². The summed E-state index contributed by atoms with van der Waals surface area (Å²) in [6.45, 7) is 8.71. The van der Waals surface area contributed by atoms with Gasteiger partial charge in [-0.3, -0.25) is 14.5 Å². The second-order valence-corrected chi connectivity index (χ2v) is 9.27. The summed E-state index contributed by atoms with van der Waals surface area (Å²) in [5.74, 6) is -1.28. The van der Waals surface area contributed by atoms with Gasteiger partial charge in [-0.2, -0.15) is 10.4 Å². The first kappa shape index (κ1) is 25.7. The zero-order chi connectivity index (χ0) is 26.7. The van der Waals surface area contributed by atoms with Gasteiger partial charge >= 0.3 is 0 Å². The number of halogens is 2. The molecular weight excluding hydrogens is 472 g/mol. The summed E-state index contributed by atoms with van der Waals surface area (Å²) in [6, 6.07) is 14.3. The Morgan fingerprint density at radius 1 is 1.05 bits per heavy atom. The minimum Gasteiger partial charge on any atom is -0.330 e. The number of hydrogen-bond acceptors (Lipinski definition) is 4. The van der Waals surface area contributed by atoms with Gasteiger partial charge in [-0.15, -0.1) is 0 Å². The van der Waals surface area contributed by atoms with E-state index in [0.29, 0.717) is 19.1 Å². The Labute approximate surface area is 214 Å². The molecule has 2 aromatic carbocycles. The topological polar surface area (TPSA) is 74.8 Å². The third-order valence-electron chi connectivity index (χ3n) is 6.29. The summed E-state index contributed by atoms with van der Waals surface area (Å²) in [4.78, 5) is 18.8. The number of nitriles is 1. The van der Waals surface area contributed by atoms with Crippen LogP contribution in [0.1, 0.15) is 58.2 Å². The van der Waals surface area contributed by atoms with Gasteiger partial charge in [-0.25, -0.2) is 8.78 Å². The van der Waals surface area contributed by atoms with Crippen LogP contribution in [0.3, 0.4) is 0 Å². The number of fused-ring (bicyclic) bond motifs is 1. The number of carbonyl (C=O) groups is 1. The first-order valence-corrected chi connectivity index (χ1v) is 11.9. The van der Waals surface area contributed by atoms with E-state index in [-0.39, 0.29) is 17.0 Å². The van der Waals surface area contributed by atoms with Crippen molar-refractivity contribution in [2.75, 3.05) is 0 Å². The first-order chi connectivity index (χ1) is 17.7. The molecule has 8 heteroatoms. The molecule has 1 aliphatic rings. The van der Waals surface area contributed by atoms with Gasteiger partial charge in [-0.05, 0) is 62.6 Å². The number of rotatable bonds is 4. The maximum atomic E-state index is 12.7. The Morgan fingerprint density at radius 3 is 2.30 bits per heavy atom. The largest absolute Gasteiger partial charge is 0.330 e. The lowest BCUT2D eigenvalue weighted by Crippen LogP contribution is -2.23. The molecule has 0 fully saturated rings. The van der Waals surface area contributed by atoms with E-state index in [1.807, 2.05) is 28.8 Å². The SMILES string of the molecule is Cc1c(F)cc(C#N)cc1F.Cc1nccc2c1C(=O)N(Cc1ccc(-c3cnn(C(C)C)c3)cc1)C2. The summed E-state index contributed by atoms with van der Waals surface area (Å²) in [5, 5.41) is 12.7. The molecule has 0 unspecified atom stereocenters. The molecule has 0 N–H and O–H groups in total. The third-order valence-corrected chi connectivity index (χ3v) is 6.29. The van der Waals surface area contributed by atoms with Gasteiger partial charge in [0.25, 0.3) is 5.91 Å². The lowest BCUT2D eigenvalue weighted by Gasteiger charge is -2.16. The predicted octanol–water partition coefficient (Wildman–Crippen LogP) is 6.14. The van der Waals surface area contributed by atoms with Crippen molar-refractivity contribution in [1.82, 2.24) is 19.7 Å². The molecule has 5 rings (SSSR count). The molecule has 1 amide bonds. The monoisotopic (exact) mass is 499 g/mol. The summed E-state index contributed by atoms with van der Waals surface area (Å²) < 4.78 is 27.2. The fourth-order valence-electron chi connectivity index (χ4n) is 4.11. The van der Waals surface area contributed by atoms with Crippen molar-refractivity contribution in [1.29, 1.82) is 5.26 Å².